The highest BCUT2D eigenvalue weighted by Crippen LogP contribution is 2.47. The Kier molecular flexibility index (Phi) is 6.77. The minimum Gasteiger partial charge on any atom is -0.490 e. The summed E-state index contributed by atoms with van der Waals surface area (Å²) in [6, 6.07) is 14.7. The fourth-order valence-corrected chi connectivity index (χ4v) is 4.53. The zero-order valence-corrected chi connectivity index (χ0v) is 19.3. The number of Topliss-reactive ketones (excluding diaryl/α,β-unsaturated/α-hetero) is 1. The maximum atomic E-state index is 12.8. The van der Waals surface area contributed by atoms with Crippen LogP contribution >= 0.6 is 11.6 Å². The Morgan fingerprint density at radius 2 is 1.97 bits per heavy atom. The number of nitrogens with two attached hydrogens (primary N) is 1. The van der Waals surface area contributed by atoms with Gasteiger partial charge in [0.05, 0.1) is 29.2 Å². The second-order valence-corrected chi connectivity index (χ2v) is 8.27. The standard InChI is InChI=1S/C26H22ClN3O4/c1-2-32-22-11-17(10-19(27)25(22)33-14-16-7-4-3-6-15(16)12-28)23-18(13-29)26(30)34-21-9-5-8-20(31)24(21)23/h3-4,6-7,10-11,23H,2,5,8-9,14,30H2,1H3/t23-/m1/s1. The van der Waals surface area contributed by atoms with Gasteiger partial charge >= 0.3 is 0 Å². The molecule has 4 rings (SSSR count). The lowest BCUT2D eigenvalue weighted by atomic mass is 9.77. The van der Waals surface area contributed by atoms with Crippen LogP contribution in [0.15, 0.2) is 59.2 Å². The molecule has 8 heteroatoms. The van der Waals surface area contributed by atoms with E-state index < -0.39 is 5.92 Å². The number of benzene rings is 2. The van der Waals surface area contributed by atoms with Gasteiger partial charge < -0.3 is 19.9 Å². The van der Waals surface area contributed by atoms with Crippen LogP contribution in [0.5, 0.6) is 11.5 Å². The molecule has 2 aromatic rings. The molecule has 2 N–H and O–H groups in total. The highest BCUT2D eigenvalue weighted by molar-refractivity contribution is 6.32. The molecule has 172 valence electrons. The monoisotopic (exact) mass is 475 g/mol. The molecule has 0 aromatic heterocycles. The minimum absolute atomic E-state index is 0.0107. The van der Waals surface area contributed by atoms with E-state index in [4.69, 9.17) is 31.5 Å². The average molecular weight is 476 g/mol. The summed E-state index contributed by atoms with van der Waals surface area (Å²) in [5.41, 5.74) is 8.44. The Balaban J connectivity index is 1.77. The van der Waals surface area contributed by atoms with Crippen molar-refractivity contribution in [3.05, 3.63) is 80.9 Å². The van der Waals surface area contributed by atoms with Crippen molar-refractivity contribution in [1.82, 2.24) is 0 Å². The summed E-state index contributed by atoms with van der Waals surface area (Å²) in [7, 11) is 0. The molecule has 0 amide bonds. The lowest BCUT2D eigenvalue weighted by molar-refractivity contribution is -0.116. The SMILES string of the molecule is CCOc1cc([C@@H]2C(C#N)=C(N)OC3=C2C(=O)CCC3)cc(Cl)c1OCc1ccccc1C#N. The molecule has 1 atom stereocenters. The quantitative estimate of drug-likeness (QED) is 0.624. The van der Waals surface area contributed by atoms with E-state index in [1.807, 2.05) is 13.0 Å². The molecular formula is C26H22ClN3O4. The number of nitrogens with zero attached hydrogens (tertiary/aromatic N) is 2. The molecule has 0 bridgehead atoms. The fraction of sp³-hybridized carbons (Fsp3) is 0.269. The Morgan fingerprint density at radius 3 is 2.71 bits per heavy atom. The summed E-state index contributed by atoms with van der Waals surface area (Å²) in [6.45, 7) is 2.28. The topological polar surface area (TPSA) is 118 Å². The summed E-state index contributed by atoms with van der Waals surface area (Å²) >= 11 is 6.64. The summed E-state index contributed by atoms with van der Waals surface area (Å²) in [6.07, 6.45) is 1.62. The summed E-state index contributed by atoms with van der Waals surface area (Å²) in [4.78, 5) is 12.8. The van der Waals surface area contributed by atoms with Crippen LogP contribution < -0.4 is 15.2 Å². The number of ketones is 1. The first kappa shape index (κ1) is 23.2. The van der Waals surface area contributed by atoms with Gasteiger partial charge in [0.15, 0.2) is 17.3 Å². The van der Waals surface area contributed by atoms with E-state index in [1.165, 1.54) is 0 Å². The highest BCUT2D eigenvalue weighted by Gasteiger charge is 2.38. The predicted molar refractivity (Wildman–Crippen MR) is 125 cm³/mol. The van der Waals surface area contributed by atoms with Crippen LogP contribution in [0.25, 0.3) is 0 Å². The van der Waals surface area contributed by atoms with E-state index in [1.54, 1.807) is 30.3 Å². The van der Waals surface area contributed by atoms with E-state index in [0.29, 0.717) is 65.4 Å². The van der Waals surface area contributed by atoms with Crippen molar-refractivity contribution in [3.8, 4) is 23.6 Å². The molecule has 1 aliphatic carbocycles. The van der Waals surface area contributed by atoms with Gasteiger partial charge in [0.1, 0.15) is 24.0 Å². The molecule has 0 radical (unpaired) electrons. The van der Waals surface area contributed by atoms with E-state index in [0.717, 1.165) is 0 Å². The average Bonchev–Trinajstić information content (AvgIpc) is 2.83. The molecule has 2 aromatic carbocycles. The Hall–Kier alpha value is -3.94. The van der Waals surface area contributed by atoms with E-state index >= 15 is 0 Å². The number of hydrogen-bond donors (Lipinski definition) is 1. The largest absolute Gasteiger partial charge is 0.490 e. The molecule has 34 heavy (non-hydrogen) atoms. The molecule has 2 aliphatic rings. The minimum atomic E-state index is -0.702. The van der Waals surface area contributed by atoms with Gasteiger partial charge in [-0.2, -0.15) is 10.5 Å². The number of halogens is 1. The predicted octanol–water partition coefficient (Wildman–Crippen LogP) is 5.00. The van der Waals surface area contributed by atoms with Crippen molar-refractivity contribution in [2.45, 2.75) is 38.7 Å². The van der Waals surface area contributed by atoms with Crippen molar-refractivity contribution < 1.29 is 19.0 Å². The maximum Gasteiger partial charge on any atom is 0.205 e. The van der Waals surface area contributed by atoms with Gasteiger partial charge in [0.25, 0.3) is 0 Å². The highest BCUT2D eigenvalue weighted by atomic mass is 35.5. The first-order valence-electron chi connectivity index (χ1n) is 10.9. The second-order valence-electron chi connectivity index (χ2n) is 7.86. The van der Waals surface area contributed by atoms with Crippen LogP contribution in [0.1, 0.15) is 48.8 Å². The molecule has 0 unspecified atom stereocenters. The number of carbonyl (C=O) groups is 1. The number of nitriles is 2. The van der Waals surface area contributed by atoms with Crippen LogP contribution in [0.2, 0.25) is 5.02 Å². The van der Waals surface area contributed by atoms with Gasteiger partial charge in [-0.1, -0.05) is 29.8 Å². The van der Waals surface area contributed by atoms with E-state index in [2.05, 4.69) is 12.1 Å². The number of ether oxygens (including phenoxy) is 3. The van der Waals surface area contributed by atoms with Gasteiger partial charge in [0, 0.05) is 24.0 Å². The first-order chi connectivity index (χ1) is 16.5. The van der Waals surface area contributed by atoms with Crippen LogP contribution in [-0.2, 0) is 16.1 Å². The van der Waals surface area contributed by atoms with Gasteiger partial charge in [-0.15, -0.1) is 0 Å². The molecule has 0 spiro atoms. The number of carbonyl (C=O) groups excluding carboxylic acids is 1. The molecular weight excluding hydrogens is 454 g/mol. The maximum absolute atomic E-state index is 12.8. The normalized spacial score (nSPS) is 17.4. The molecule has 1 heterocycles. The molecule has 0 saturated carbocycles. The number of allylic oxidation sites excluding steroid dienone is 3. The first-order valence-corrected chi connectivity index (χ1v) is 11.3. The van der Waals surface area contributed by atoms with Crippen LogP contribution in [0, 0.1) is 22.7 Å². The zero-order valence-electron chi connectivity index (χ0n) is 18.6. The van der Waals surface area contributed by atoms with Crippen molar-refractivity contribution in [2.24, 2.45) is 5.73 Å². The molecule has 0 saturated heterocycles. The fourth-order valence-electron chi connectivity index (χ4n) is 4.25. The summed E-state index contributed by atoms with van der Waals surface area (Å²) in [5.74, 6) is 0.392. The van der Waals surface area contributed by atoms with Crippen molar-refractivity contribution >= 4 is 17.4 Å². The Labute approximate surface area is 202 Å². The van der Waals surface area contributed by atoms with Gasteiger partial charge in [-0.25, -0.2) is 0 Å². The summed E-state index contributed by atoms with van der Waals surface area (Å²) < 4.78 is 17.4. The Morgan fingerprint density at radius 1 is 1.18 bits per heavy atom. The molecule has 1 aliphatic heterocycles. The molecule has 0 fully saturated rings. The second kappa shape index (κ2) is 9.91. The third-order valence-corrected chi connectivity index (χ3v) is 6.06. The Bertz CT molecular complexity index is 1300. The van der Waals surface area contributed by atoms with Crippen molar-refractivity contribution in [2.75, 3.05) is 6.61 Å². The van der Waals surface area contributed by atoms with Crippen LogP contribution in [0.3, 0.4) is 0 Å². The van der Waals surface area contributed by atoms with Gasteiger partial charge in [-0.3, -0.25) is 4.79 Å². The van der Waals surface area contributed by atoms with Crippen molar-refractivity contribution in [1.29, 1.82) is 10.5 Å². The smallest absolute Gasteiger partial charge is 0.205 e. The zero-order chi connectivity index (χ0) is 24.2. The van der Waals surface area contributed by atoms with E-state index in [9.17, 15) is 15.3 Å². The molecule has 7 nitrogen and oxygen atoms in total. The summed E-state index contributed by atoms with van der Waals surface area (Å²) in [5, 5.41) is 19.4. The van der Waals surface area contributed by atoms with Crippen LogP contribution in [-0.4, -0.2) is 12.4 Å². The van der Waals surface area contributed by atoms with E-state index in [-0.39, 0.29) is 28.9 Å². The lowest BCUT2D eigenvalue weighted by Gasteiger charge is -2.31. The van der Waals surface area contributed by atoms with Gasteiger partial charge in [0.2, 0.25) is 5.88 Å². The van der Waals surface area contributed by atoms with Crippen LogP contribution in [0.4, 0.5) is 0 Å². The van der Waals surface area contributed by atoms with Crippen molar-refractivity contribution in [3.63, 3.8) is 0 Å². The third-order valence-electron chi connectivity index (χ3n) is 5.78. The number of hydrogen-bond acceptors (Lipinski definition) is 7. The lowest BCUT2D eigenvalue weighted by Crippen LogP contribution is -2.27. The third kappa shape index (κ3) is 4.31. The number of rotatable bonds is 6. The van der Waals surface area contributed by atoms with Gasteiger partial charge in [-0.05, 0) is 37.1 Å².